The van der Waals surface area contributed by atoms with Crippen LogP contribution in [0, 0.1) is 10.1 Å². The van der Waals surface area contributed by atoms with Crippen molar-refractivity contribution in [3.05, 3.63) is 63.2 Å². The zero-order valence-corrected chi connectivity index (χ0v) is 18.4. The smallest absolute Gasteiger partial charge is 0.338 e. The Hall–Kier alpha value is -4.15. The number of nitro benzene ring substituents is 1. The van der Waals surface area contributed by atoms with Gasteiger partial charge in [-0.1, -0.05) is 0 Å². The van der Waals surface area contributed by atoms with Gasteiger partial charge < -0.3 is 24.0 Å². The molecular weight excluding hydrogens is 434 g/mol. The van der Waals surface area contributed by atoms with Gasteiger partial charge in [-0.3, -0.25) is 19.7 Å². The lowest BCUT2D eigenvalue weighted by Gasteiger charge is -2.35. The van der Waals surface area contributed by atoms with Crippen LogP contribution in [0.15, 0.2) is 36.4 Å². The Labute approximate surface area is 189 Å². The van der Waals surface area contributed by atoms with E-state index in [1.54, 1.807) is 23.1 Å². The van der Waals surface area contributed by atoms with Gasteiger partial charge in [0.05, 0.1) is 37.4 Å². The molecule has 3 rings (SSSR count). The highest BCUT2D eigenvalue weighted by Crippen LogP contribution is 2.26. The van der Waals surface area contributed by atoms with Crippen LogP contribution in [-0.2, 0) is 4.74 Å². The van der Waals surface area contributed by atoms with Crippen LogP contribution in [0.4, 0.5) is 5.69 Å². The maximum absolute atomic E-state index is 13.0. The number of hydrogen-bond acceptors (Lipinski definition) is 8. The number of non-ortho nitro benzene ring substituents is 1. The Bertz CT molecular complexity index is 1090. The Morgan fingerprint density at radius 3 is 2.00 bits per heavy atom. The van der Waals surface area contributed by atoms with Crippen molar-refractivity contribution in [1.82, 2.24) is 9.80 Å². The second-order valence-electron chi connectivity index (χ2n) is 7.17. The molecule has 2 aromatic carbocycles. The molecule has 0 bridgehead atoms. The van der Waals surface area contributed by atoms with Crippen LogP contribution in [-0.4, -0.2) is 80.0 Å². The SMILES string of the molecule is COC(=O)c1cc(C(=O)N2CCN(C(=O)c3ccc(OC)cc3OC)CC2)cc([N+](=O)[O-])c1. The van der Waals surface area contributed by atoms with Gasteiger partial charge >= 0.3 is 5.97 Å². The lowest BCUT2D eigenvalue weighted by molar-refractivity contribution is -0.384. The normalized spacial score (nSPS) is 13.3. The van der Waals surface area contributed by atoms with Crippen molar-refractivity contribution in [3.8, 4) is 11.5 Å². The van der Waals surface area contributed by atoms with Crippen LogP contribution in [0.1, 0.15) is 31.1 Å². The Morgan fingerprint density at radius 1 is 0.848 bits per heavy atom. The summed E-state index contributed by atoms with van der Waals surface area (Å²) in [6.45, 7) is 0.968. The minimum Gasteiger partial charge on any atom is -0.497 e. The molecule has 0 unspecified atom stereocenters. The highest BCUT2D eigenvalue weighted by atomic mass is 16.6. The number of esters is 1. The molecule has 11 nitrogen and oxygen atoms in total. The van der Waals surface area contributed by atoms with E-state index in [1.165, 1.54) is 25.2 Å². The van der Waals surface area contributed by atoms with E-state index in [1.807, 2.05) is 0 Å². The number of nitro groups is 1. The molecule has 11 heteroatoms. The summed E-state index contributed by atoms with van der Waals surface area (Å²) in [4.78, 5) is 51.4. The third-order valence-electron chi connectivity index (χ3n) is 5.29. The first-order chi connectivity index (χ1) is 15.8. The Morgan fingerprint density at radius 2 is 1.45 bits per heavy atom. The van der Waals surface area contributed by atoms with Gasteiger partial charge in [0.25, 0.3) is 17.5 Å². The highest BCUT2D eigenvalue weighted by molar-refractivity contribution is 6.00. The van der Waals surface area contributed by atoms with Gasteiger partial charge in [-0.25, -0.2) is 4.79 Å². The molecule has 1 aliphatic heterocycles. The molecule has 1 heterocycles. The van der Waals surface area contributed by atoms with E-state index < -0.39 is 16.8 Å². The van der Waals surface area contributed by atoms with Crippen molar-refractivity contribution in [2.75, 3.05) is 47.5 Å². The van der Waals surface area contributed by atoms with Gasteiger partial charge in [0.1, 0.15) is 11.5 Å². The molecule has 174 valence electrons. The van der Waals surface area contributed by atoms with Gasteiger partial charge in [0.2, 0.25) is 0 Å². The molecule has 0 aliphatic carbocycles. The number of methoxy groups -OCH3 is 3. The number of nitrogens with zero attached hydrogens (tertiary/aromatic N) is 3. The van der Waals surface area contributed by atoms with Crippen LogP contribution in [0.2, 0.25) is 0 Å². The third-order valence-corrected chi connectivity index (χ3v) is 5.29. The fourth-order valence-corrected chi connectivity index (χ4v) is 3.52. The van der Waals surface area contributed by atoms with Gasteiger partial charge in [0.15, 0.2) is 0 Å². The predicted molar refractivity (Wildman–Crippen MR) is 116 cm³/mol. The van der Waals surface area contributed by atoms with E-state index in [0.29, 0.717) is 17.1 Å². The largest absolute Gasteiger partial charge is 0.497 e. The zero-order chi connectivity index (χ0) is 24.1. The van der Waals surface area contributed by atoms with Crippen LogP contribution in [0.5, 0.6) is 11.5 Å². The summed E-state index contributed by atoms with van der Waals surface area (Å²) in [5.74, 6) is -0.564. The first kappa shape index (κ1) is 23.5. The van der Waals surface area contributed by atoms with Crippen molar-refractivity contribution in [1.29, 1.82) is 0 Å². The molecule has 2 amide bonds. The molecule has 0 spiro atoms. The molecule has 1 aliphatic rings. The average Bonchev–Trinajstić information content (AvgIpc) is 2.86. The molecule has 0 radical (unpaired) electrons. The van der Waals surface area contributed by atoms with E-state index in [0.717, 1.165) is 19.2 Å². The summed E-state index contributed by atoms with van der Waals surface area (Å²) in [5.41, 5.74) is -0.0993. The average molecular weight is 457 g/mol. The summed E-state index contributed by atoms with van der Waals surface area (Å²) >= 11 is 0. The van der Waals surface area contributed by atoms with Gasteiger partial charge in [0, 0.05) is 49.9 Å². The number of piperazine rings is 1. The van der Waals surface area contributed by atoms with Crippen LogP contribution in [0.25, 0.3) is 0 Å². The predicted octanol–water partition coefficient (Wildman–Crippen LogP) is 2.00. The first-order valence-corrected chi connectivity index (χ1v) is 9.97. The van der Waals surface area contributed by atoms with Crippen molar-refractivity contribution in [2.24, 2.45) is 0 Å². The van der Waals surface area contributed by atoms with Crippen molar-refractivity contribution in [2.45, 2.75) is 0 Å². The molecule has 33 heavy (non-hydrogen) atoms. The number of carbonyl (C=O) groups excluding carboxylic acids is 3. The van der Waals surface area contributed by atoms with E-state index in [9.17, 15) is 24.5 Å². The van der Waals surface area contributed by atoms with E-state index in [4.69, 9.17) is 9.47 Å². The van der Waals surface area contributed by atoms with Gasteiger partial charge in [-0.15, -0.1) is 0 Å². The lowest BCUT2D eigenvalue weighted by atomic mass is 10.1. The number of amides is 2. The number of hydrogen-bond donors (Lipinski definition) is 0. The maximum atomic E-state index is 13.0. The standard InChI is InChI=1S/C22H23N3O8/c1-31-17-4-5-18(19(13-17)32-2)21(27)24-8-6-23(7-9-24)20(26)14-10-15(22(28)33-3)12-16(11-14)25(29)30/h4-5,10-13H,6-9H2,1-3H3. The summed E-state index contributed by atoms with van der Waals surface area (Å²) < 4.78 is 15.1. The Balaban J connectivity index is 1.74. The second kappa shape index (κ2) is 9.98. The van der Waals surface area contributed by atoms with Crippen molar-refractivity contribution >= 4 is 23.5 Å². The molecule has 2 aromatic rings. The highest BCUT2D eigenvalue weighted by Gasteiger charge is 2.28. The fourth-order valence-electron chi connectivity index (χ4n) is 3.52. The fraction of sp³-hybridized carbons (Fsp3) is 0.318. The minimum absolute atomic E-state index is 0.00111. The lowest BCUT2D eigenvalue weighted by Crippen LogP contribution is -2.50. The van der Waals surface area contributed by atoms with Crippen molar-refractivity contribution < 1.29 is 33.5 Å². The maximum Gasteiger partial charge on any atom is 0.338 e. The first-order valence-electron chi connectivity index (χ1n) is 9.97. The molecule has 0 aromatic heterocycles. The van der Waals surface area contributed by atoms with E-state index >= 15 is 0 Å². The Kier molecular flexibility index (Phi) is 7.11. The third kappa shape index (κ3) is 5.03. The summed E-state index contributed by atoms with van der Waals surface area (Å²) in [6.07, 6.45) is 0. The summed E-state index contributed by atoms with van der Waals surface area (Å²) in [7, 11) is 4.13. The number of benzene rings is 2. The van der Waals surface area contributed by atoms with E-state index in [-0.39, 0.29) is 48.9 Å². The molecule has 0 N–H and O–H groups in total. The molecular formula is C22H23N3O8. The van der Waals surface area contributed by atoms with Crippen LogP contribution in [0.3, 0.4) is 0 Å². The minimum atomic E-state index is -0.781. The van der Waals surface area contributed by atoms with Gasteiger partial charge in [-0.2, -0.15) is 0 Å². The monoisotopic (exact) mass is 457 g/mol. The molecule has 1 fully saturated rings. The second-order valence-corrected chi connectivity index (χ2v) is 7.17. The topological polar surface area (TPSA) is 129 Å². The molecule has 0 atom stereocenters. The molecule has 0 saturated carbocycles. The van der Waals surface area contributed by atoms with Gasteiger partial charge in [-0.05, 0) is 18.2 Å². The zero-order valence-electron chi connectivity index (χ0n) is 18.4. The number of rotatable bonds is 6. The number of ether oxygens (including phenoxy) is 3. The molecule has 1 saturated heterocycles. The van der Waals surface area contributed by atoms with E-state index in [2.05, 4.69) is 4.74 Å². The summed E-state index contributed by atoms with van der Waals surface area (Å²) in [6, 6.07) is 8.34. The van der Waals surface area contributed by atoms with Crippen molar-refractivity contribution in [3.63, 3.8) is 0 Å². The summed E-state index contributed by atoms with van der Waals surface area (Å²) in [5, 5.41) is 11.2. The number of carbonyl (C=O) groups is 3. The van der Waals surface area contributed by atoms with Crippen LogP contribution >= 0.6 is 0 Å². The van der Waals surface area contributed by atoms with Crippen LogP contribution < -0.4 is 9.47 Å². The quantitative estimate of drug-likeness (QED) is 0.366.